The maximum atomic E-state index is 13.9. The highest BCUT2D eigenvalue weighted by Gasteiger charge is 2.30. The van der Waals surface area contributed by atoms with E-state index in [1.807, 2.05) is 13.0 Å². The third-order valence-electron chi connectivity index (χ3n) is 4.25. The van der Waals surface area contributed by atoms with Crippen molar-refractivity contribution in [3.8, 4) is 0 Å². The second-order valence-corrected chi connectivity index (χ2v) is 5.65. The van der Waals surface area contributed by atoms with Gasteiger partial charge in [0.2, 0.25) is 0 Å². The molecule has 1 aromatic carbocycles. The molecular weight excluding hydrogens is 241 g/mol. The number of methoxy groups -OCH3 is 1. The highest BCUT2D eigenvalue weighted by molar-refractivity contribution is 5.27. The number of ether oxygens (including phenoxy) is 1. The molecule has 2 atom stereocenters. The topological polar surface area (TPSA) is 35.2 Å². The van der Waals surface area contributed by atoms with E-state index >= 15 is 0 Å². The maximum absolute atomic E-state index is 13.9. The highest BCUT2D eigenvalue weighted by Crippen LogP contribution is 2.33. The zero-order valence-electron chi connectivity index (χ0n) is 11.9. The molecule has 0 amide bonds. The van der Waals surface area contributed by atoms with Crippen molar-refractivity contribution >= 4 is 0 Å². The summed E-state index contributed by atoms with van der Waals surface area (Å²) in [5, 5.41) is 0. The summed E-state index contributed by atoms with van der Waals surface area (Å²) in [4.78, 5) is 0. The Balaban J connectivity index is 2.19. The summed E-state index contributed by atoms with van der Waals surface area (Å²) in [6, 6.07) is 4.73. The summed E-state index contributed by atoms with van der Waals surface area (Å²) >= 11 is 0. The lowest BCUT2D eigenvalue weighted by atomic mass is 9.81. The van der Waals surface area contributed by atoms with E-state index in [1.54, 1.807) is 13.2 Å². The fourth-order valence-electron chi connectivity index (χ4n) is 3.19. The number of hydrogen-bond donors (Lipinski definition) is 1. The summed E-state index contributed by atoms with van der Waals surface area (Å²) in [6.07, 6.45) is 5.94. The first-order valence-corrected chi connectivity index (χ1v) is 7.18. The molecule has 0 spiro atoms. The van der Waals surface area contributed by atoms with Gasteiger partial charge in [0.1, 0.15) is 5.82 Å². The first-order chi connectivity index (χ1) is 9.13. The van der Waals surface area contributed by atoms with E-state index in [0.717, 1.165) is 18.4 Å². The van der Waals surface area contributed by atoms with Crippen molar-refractivity contribution in [1.29, 1.82) is 0 Å². The fourth-order valence-corrected chi connectivity index (χ4v) is 3.19. The Bertz CT molecular complexity index is 415. The lowest BCUT2D eigenvalue weighted by Gasteiger charge is -2.33. The van der Waals surface area contributed by atoms with E-state index in [1.165, 1.54) is 25.3 Å². The quantitative estimate of drug-likeness (QED) is 0.900. The SMILES string of the molecule is COC(C1CCCCC1)C(N)c1cc(C)ccc1F. The van der Waals surface area contributed by atoms with Crippen LogP contribution in [0.25, 0.3) is 0 Å². The van der Waals surface area contributed by atoms with Crippen molar-refractivity contribution in [1.82, 2.24) is 0 Å². The second-order valence-electron chi connectivity index (χ2n) is 5.65. The molecule has 19 heavy (non-hydrogen) atoms. The van der Waals surface area contributed by atoms with E-state index in [-0.39, 0.29) is 18.0 Å². The number of hydrogen-bond acceptors (Lipinski definition) is 2. The van der Waals surface area contributed by atoms with Crippen LogP contribution in [0.1, 0.15) is 49.3 Å². The Hall–Kier alpha value is -0.930. The molecule has 1 aliphatic carbocycles. The van der Waals surface area contributed by atoms with Gasteiger partial charge in [-0.2, -0.15) is 0 Å². The van der Waals surface area contributed by atoms with E-state index < -0.39 is 0 Å². The van der Waals surface area contributed by atoms with Crippen molar-refractivity contribution in [2.45, 2.75) is 51.2 Å². The number of rotatable bonds is 4. The molecule has 0 aromatic heterocycles. The van der Waals surface area contributed by atoms with Crippen molar-refractivity contribution in [3.63, 3.8) is 0 Å². The summed E-state index contributed by atoms with van der Waals surface area (Å²) in [6.45, 7) is 1.96. The van der Waals surface area contributed by atoms with Crippen LogP contribution in [0.4, 0.5) is 4.39 Å². The van der Waals surface area contributed by atoms with Crippen molar-refractivity contribution in [2.75, 3.05) is 7.11 Å². The third kappa shape index (κ3) is 3.34. The van der Waals surface area contributed by atoms with Gasteiger partial charge in [0.25, 0.3) is 0 Å². The summed E-state index contributed by atoms with van der Waals surface area (Å²) in [5.41, 5.74) is 7.90. The summed E-state index contributed by atoms with van der Waals surface area (Å²) in [7, 11) is 1.69. The predicted octanol–water partition coefficient (Wildman–Crippen LogP) is 3.73. The molecule has 2 rings (SSSR count). The Morgan fingerprint density at radius 2 is 1.95 bits per heavy atom. The molecule has 1 fully saturated rings. The Kier molecular flexibility index (Phi) is 4.94. The molecule has 0 radical (unpaired) electrons. The van der Waals surface area contributed by atoms with Crippen molar-refractivity contribution < 1.29 is 9.13 Å². The van der Waals surface area contributed by atoms with Gasteiger partial charge in [0, 0.05) is 12.7 Å². The van der Waals surface area contributed by atoms with Gasteiger partial charge in [0.15, 0.2) is 0 Å². The van der Waals surface area contributed by atoms with E-state index in [2.05, 4.69) is 0 Å². The first-order valence-electron chi connectivity index (χ1n) is 7.18. The molecule has 2 nitrogen and oxygen atoms in total. The van der Waals surface area contributed by atoms with Gasteiger partial charge in [-0.05, 0) is 31.7 Å². The third-order valence-corrected chi connectivity index (χ3v) is 4.25. The van der Waals surface area contributed by atoms with E-state index in [0.29, 0.717) is 11.5 Å². The van der Waals surface area contributed by atoms with Gasteiger partial charge in [-0.1, -0.05) is 37.0 Å². The number of nitrogens with two attached hydrogens (primary N) is 1. The van der Waals surface area contributed by atoms with Gasteiger partial charge in [-0.3, -0.25) is 0 Å². The number of aryl methyl sites for hydroxylation is 1. The van der Waals surface area contributed by atoms with Crippen LogP contribution in [-0.2, 0) is 4.74 Å². The van der Waals surface area contributed by atoms with Gasteiger partial charge in [-0.15, -0.1) is 0 Å². The van der Waals surface area contributed by atoms with Crippen molar-refractivity contribution in [2.24, 2.45) is 11.7 Å². The lowest BCUT2D eigenvalue weighted by molar-refractivity contribution is 0.0165. The van der Waals surface area contributed by atoms with Crippen LogP contribution >= 0.6 is 0 Å². The Morgan fingerprint density at radius 3 is 2.58 bits per heavy atom. The largest absolute Gasteiger partial charge is 0.379 e. The molecule has 2 N–H and O–H groups in total. The molecule has 0 heterocycles. The van der Waals surface area contributed by atoms with Crippen LogP contribution in [-0.4, -0.2) is 13.2 Å². The van der Waals surface area contributed by atoms with Crippen LogP contribution in [0.3, 0.4) is 0 Å². The van der Waals surface area contributed by atoms with Crippen LogP contribution in [0, 0.1) is 18.7 Å². The molecule has 0 saturated heterocycles. The molecule has 1 aromatic rings. The van der Waals surface area contributed by atoms with Crippen LogP contribution in [0.2, 0.25) is 0 Å². The summed E-state index contributed by atoms with van der Waals surface area (Å²) < 4.78 is 19.6. The maximum Gasteiger partial charge on any atom is 0.128 e. The Labute approximate surface area is 115 Å². The molecule has 3 heteroatoms. The summed E-state index contributed by atoms with van der Waals surface area (Å²) in [5.74, 6) is 0.227. The van der Waals surface area contributed by atoms with Crippen molar-refractivity contribution in [3.05, 3.63) is 35.1 Å². The average molecular weight is 265 g/mol. The zero-order chi connectivity index (χ0) is 13.8. The molecule has 1 aliphatic rings. The molecule has 106 valence electrons. The van der Waals surface area contributed by atoms with Crippen LogP contribution in [0.5, 0.6) is 0 Å². The van der Waals surface area contributed by atoms with Crippen LogP contribution < -0.4 is 5.73 Å². The minimum absolute atomic E-state index is 0.0865. The van der Waals surface area contributed by atoms with E-state index in [4.69, 9.17) is 10.5 Å². The molecule has 2 unspecified atom stereocenters. The van der Waals surface area contributed by atoms with Gasteiger partial charge in [0.05, 0.1) is 12.1 Å². The van der Waals surface area contributed by atoms with Gasteiger partial charge < -0.3 is 10.5 Å². The molecule has 1 saturated carbocycles. The smallest absolute Gasteiger partial charge is 0.128 e. The molecular formula is C16H24FNO. The predicted molar refractivity (Wildman–Crippen MR) is 75.4 cm³/mol. The fraction of sp³-hybridized carbons (Fsp3) is 0.625. The average Bonchev–Trinajstić information content (AvgIpc) is 2.43. The number of benzene rings is 1. The molecule has 0 bridgehead atoms. The standard InChI is InChI=1S/C16H24FNO/c1-11-8-9-14(17)13(10-11)15(18)16(19-2)12-6-4-3-5-7-12/h8-10,12,15-16H,3-7,18H2,1-2H3. The van der Waals surface area contributed by atoms with Gasteiger partial charge >= 0.3 is 0 Å². The van der Waals surface area contributed by atoms with Crippen LogP contribution in [0.15, 0.2) is 18.2 Å². The zero-order valence-corrected chi connectivity index (χ0v) is 11.9. The second kappa shape index (κ2) is 6.49. The monoisotopic (exact) mass is 265 g/mol. The minimum Gasteiger partial charge on any atom is -0.379 e. The number of halogens is 1. The first kappa shape index (κ1) is 14.5. The highest BCUT2D eigenvalue weighted by atomic mass is 19.1. The minimum atomic E-state index is -0.381. The van der Waals surface area contributed by atoms with Gasteiger partial charge in [-0.25, -0.2) is 4.39 Å². The Morgan fingerprint density at radius 1 is 1.26 bits per heavy atom. The lowest BCUT2D eigenvalue weighted by Crippen LogP contribution is -2.36. The normalized spacial score (nSPS) is 20.2. The molecule has 0 aliphatic heterocycles. The van der Waals surface area contributed by atoms with E-state index in [9.17, 15) is 4.39 Å².